The van der Waals surface area contributed by atoms with Crippen molar-refractivity contribution in [3.05, 3.63) is 0 Å². The number of aliphatic hydroxyl groups excluding tert-OH is 1. The second kappa shape index (κ2) is 13.9. The third-order valence-electron chi connectivity index (χ3n) is 2.19. The molecule has 1 atom stereocenters. The van der Waals surface area contributed by atoms with Crippen LogP contribution in [0.25, 0.3) is 0 Å². The summed E-state index contributed by atoms with van der Waals surface area (Å²) in [6, 6.07) is 0. The molecule has 0 bridgehead atoms. The first-order chi connectivity index (χ1) is 8.31. The fourth-order valence-electron chi connectivity index (χ4n) is 1.19. The fraction of sp³-hybridized carbons (Fsp3) is 1.00. The highest BCUT2D eigenvalue weighted by atomic mass is 16.5. The maximum Gasteiger partial charge on any atom is 0.0897 e. The van der Waals surface area contributed by atoms with Crippen LogP contribution in [0.4, 0.5) is 0 Å². The lowest BCUT2D eigenvalue weighted by Crippen LogP contribution is -2.32. The predicted molar refractivity (Wildman–Crippen MR) is 67.3 cm³/mol. The van der Waals surface area contributed by atoms with Gasteiger partial charge in [-0.05, 0) is 6.42 Å². The summed E-state index contributed by atoms with van der Waals surface area (Å²) >= 11 is 0. The number of ether oxygens (including phenoxy) is 3. The van der Waals surface area contributed by atoms with Gasteiger partial charge in [0.2, 0.25) is 0 Å². The van der Waals surface area contributed by atoms with Crippen molar-refractivity contribution >= 4 is 0 Å². The fourth-order valence-corrected chi connectivity index (χ4v) is 1.19. The molecule has 0 aliphatic carbocycles. The van der Waals surface area contributed by atoms with E-state index in [1.165, 1.54) is 0 Å². The zero-order chi connectivity index (χ0) is 12.8. The van der Waals surface area contributed by atoms with Crippen molar-refractivity contribution in [1.29, 1.82) is 0 Å². The van der Waals surface area contributed by atoms with Crippen LogP contribution in [0.15, 0.2) is 0 Å². The van der Waals surface area contributed by atoms with E-state index in [1.54, 1.807) is 7.11 Å². The van der Waals surface area contributed by atoms with Crippen molar-refractivity contribution in [1.82, 2.24) is 5.32 Å². The lowest BCUT2D eigenvalue weighted by molar-refractivity contribution is 0.00363. The van der Waals surface area contributed by atoms with Gasteiger partial charge in [0.15, 0.2) is 0 Å². The summed E-state index contributed by atoms with van der Waals surface area (Å²) in [5, 5.41) is 12.6. The number of unbranched alkanes of at least 4 members (excludes halogenated alkanes) is 1. The molecule has 0 spiro atoms. The monoisotopic (exact) mass is 249 g/mol. The largest absolute Gasteiger partial charge is 0.389 e. The van der Waals surface area contributed by atoms with Gasteiger partial charge in [-0.1, -0.05) is 13.3 Å². The van der Waals surface area contributed by atoms with Gasteiger partial charge in [-0.2, -0.15) is 0 Å². The maximum absolute atomic E-state index is 9.52. The number of hydrogen-bond donors (Lipinski definition) is 2. The van der Waals surface area contributed by atoms with Crippen LogP contribution in [-0.2, 0) is 14.2 Å². The van der Waals surface area contributed by atoms with E-state index in [4.69, 9.17) is 14.2 Å². The lowest BCUT2D eigenvalue weighted by Gasteiger charge is -2.12. The van der Waals surface area contributed by atoms with Crippen LogP contribution in [0.2, 0.25) is 0 Å². The molecule has 17 heavy (non-hydrogen) atoms. The first-order valence-electron chi connectivity index (χ1n) is 6.34. The van der Waals surface area contributed by atoms with Crippen LogP contribution in [0, 0.1) is 0 Å². The minimum atomic E-state index is -0.470. The molecule has 0 aliphatic rings. The topological polar surface area (TPSA) is 60.0 Å². The highest BCUT2D eigenvalue weighted by Crippen LogP contribution is 1.89. The average molecular weight is 249 g/mol. The Labute approximate surface area is 104 Å². The zero-order valence-corrected chi connectivity index (χ0v) is 11.1. The van der Waals surface area contributed by atoms with Gasteiger partial charge in [-0.15, -0.1) is 0 Å². The lowest BCUT2D eigenvalue weighted by atomic mass is 10.4. The van der Waals surface area contributed by atoms with Crippen LogP contribution < -0.4 is 5.32 Å². The maximum atomic E-state index is 9.52. The van der Waals surface area contributed by atoms with Gasteiger partial charge in [-0.3, -0.25) is 0 Å². The molecule has 0 aromatic rings. The van der Waals surface area contributed by atoms with E-state index in [-0.39, 0.29) is 0 Å². The van der Waals surface area contributed by atoms with Gasteiger partial charge >= 0.3 is 0 Å². The Morgan fingerprint density at radius 3 is 2.59 bits per heavy atom. The highest BCUT2D eigenvalue weighted by Gasteiger charge is 2.02. The predicted octanol–water partition coefficient (Wildman–Crippen LogP) is 0.417. The molecule has 104 valence electrons. The molecule has 0 rings (SSSR count). The molecule has 0 saturated carbocycles. The summed E-state index contributed by atoms with van der Waals surface area (Å²) in [6.45, 7) is 6.33. The van der Waals surface area contributed by atoms with E-state index < -0.39 is 6.10 Å². The highest BCUT2D eigenvalue weighted by molar-refractivity contribution is 4.57. The van der Waals surface area contributed by atoms with Gasteiger partial charge in [0.1, 0.15) is 0 Å². The van der Waals surface area contributed by atoms with Gasteiger partial charge in [0.25, 0.3) is 0 Å². The Balaban J connectivity index is 3.08. The quantitative estimate of drug-likeness (QED) is 0.463. The summed E-state index contributed by atoms with van der Waals surface area (Å²) in [4.78, 5) is 0. The molecular formula is C12H27NO4. The van der Waals surface area contributed by atoms with Crippen LogP contribution >= 0.6 is 0 Å². The van der Waals surface area contributed by atoms with Gasteiger partial charge in [-0.25, -0.2) is 0 Å². The van der Waals surface area contributed by atoms with Crippen LogP contribution in [-0.4, -0.2) is 64.4 Å². The van der Waals surface area contributed by atoms with E-state index >= 15 is 0 Å². The van der Waals surface area contributed by atoms with Crippen molar-refractivity contribution in [3.8, 4) is 0 Å². The number of hydrogen-bond acceptors (Lipinski definition) is 5. The number of methoxy groups -OCH3 is 1. The molecule has 1 unspecified atom stereocenters. The van der Waals surface area contributed by atoms with Crippen LogP contribution in [0.1, 0.15) is 19.8 Å². The summed E-state index contributed by atoms with van der Waals surface area (Å²) in [6.07, 6.45) is 1.76. The minimum absolute atomic E-state index is 0.344. The number of aliphatic hydroxyl groups is 1. The van der Waals surface area contributed by atoms with E-state index in [2.05, 4.69) is 12.2 Å². The molecule has 0 radical (unpaired) electrons. The molecule has 0 amide bonds. The Bertz CT molecular complexity index is 146. The molecule has 0 aliphatic heterocycles. The van der Waals surface area contributed by atoms with Gasteiger partial charge < -0.3 is 24.6 Å². The first-order valence-corrected chi connectivity index (χ1v) is 6.34. The second-order valence-corrected chi connectivity index (χ2v) is 3.89. The molecule has 5 heteroatoms. The Morgan fingerprint density at radius 2 is 1.88 bits per heavy atom. The molecule has 2 N–H and O–H groups in total. The van der Waals surface area contributed by atoms with Gasteiger partial charge in [0, 0.05) is 26.8 Å². The third kappa shape index (κ3) is 13.7. The van der Waals surface area contributed by atoms with Crippen molar-refractivity contribution in [3.63, 3.8) is 0 Å². The smallest absolute Gasteiger partial charge is 0.0897 e. The van der Waals surface area contributed by atoms with Crippen molar-refractivity contribution in [2.45, 2.75) is 25.9 Å². The SMILES string of the molecule is CCCCOCCOCC(O)CNCCOC. The molecule has 0 aromatic heterocycles. The summed E-state index contributed by atoms with van der Waals surface area (Å²) < 4.78 is 15.5. The van der Waals surface area contributed by atoms with Crippen molar-refractivity contribution in [2.24, 2.45) is 0 Å². The van der Waals surface area contributed by atoms with E-state index in [0.29, 0.717) is 33.0 Å². The normalized spacial score (nSPS) is 12.9. The standard InChI is InChI=1S/C12H27NO4/c1-3-4-6-16-8-9-17-11-12(14)10-13-5-7-15-2/h12-14H,3-11H2,1-2H3. The van der Waals surface area contributed by atoms with Crippen LogP contribution in [0.3, 0.4) is 0 Å². The molecule has 0 saturated heterocycles. The van der Waals surface area contributed by atoms with Crippen molar-refractivity contribution in [2.75, 3.05) is 53.2 Å². The number of nitrogens with one attached hydrogen (secondary N) is 1. The molecule has 0 heterocycles. The summed E-state index contributed by atoms with van der Waals surface area (Å²) in [5.41, 5.74) is 0. The number of rotatable bonds is 13. The minimum Gasteiger partial charge on any atom is -0.389 e. The summed E-state index contributed by atoms with van der Waals surface area (Å²) in [7, 11) is 1.65. The van der Waals surface area contributed by atoms with Crippen LogP contribution in [0.5, 0.6) is 0 Å². The summed E-state index contributed by atoms with van der Waals surface area (Å²) in [5.74, 6) is 0. The molecular weight excluding hydrogens is 222 g/mol. The van der Waals surface area contributed by atoms with E-state index in [0.717, 1.165) is 26.0 Å². The van der Waals surface area contributed by atoms with Gasteiger partial charge in [0.05, 0.1) is 32.5 Å². The van der Waals surface area contributed by atoms with E-state index in [9.17, 15) is 5.11 Å². The Hall–Kier alpha value is -0.200. The first kappa shape index (κ1) is 16.8. The average Bonchev–Trinajstić information content (AvgIpc) is 2.33. The molecule has 0 aromatic carbocycles. The second-order valence-electron chi connectivity index (χ2n) is 3.89. The zero-order valence-electron chi connectivity index (χ0n) is 11.1. The van der Waals surface area contributed by atoms with E-state index in [1.807, 2.05) is 0 Å². The molecule has 0 fully saturated rings. The van der Waals surface area contributed by atoms with Crippen molar-refractivity contribution < 1.29 is 19.3 Å². The Morgan fingerprint density at radius 1 is 1.12 bits per heavy atom. The third-order valence-corrected chi connectivity index (χ3v) is 2.19. The Kier molecular flexibility index (Phi) is 13.7. The molecule has 5 nitrogen and oxygen atoms in total.